The van der Waals surface area contributed by atoms with Crippen molar-refractivity contribution in [3.8, 4) is 0 Å². The molecule has 0 aliphatic heterocycles. The number of rotatable bonds is 6. The third-order valence-corrected chi connectivity index (χ3v) is 4.33. The minimum Gasteiger partial charge on any atom is -0.350 e. The smallest absolute Gasteiger partial charge is 0.350 e. The van der Waals surface area contributed by atoms with Crippen LogP contribution in [0.5, 0.6) is 0 Å². The predicted molar refractivity (Wildman–Crippen MR) is 84.0 cm³/mol. The van der Waals surface area contributed by atoms with Crippen molar-refractivity contribution in [1.29, 1.82) is 0 Å². The maximum absolute atomic E-state index is 13.0. The summed E-state index contributed by atoms with van der Waals surface area (Å²) >= 11 is 5.88. The van der Waals surface area contributed by atoms with Crippen molar-refractivity contribution in [1.82, 2.24) is 24.9 Å². The van der Waals surface area contributed by atoms with Crippen LogP contribution in [0.15, 0.2) is 12.4 Å². The Labute approximate surface area is 146 Å². The predicted octanol–water partition coefficient (Wildman–Crippen LogP) is 2.97. The maximum atomic E-state index is 13.0. The lowest BCUT2D eigenvalue weighted by Crippen LogP contribution is -2.28. The summed E-state index contributed by atoms with van der Waals surface area (Å²) in [4.78, 5) is 12.1. The first-order valence-corrected chi connectivity index (χ1v) is 8.28. The Morgan fingerprint density at radius 3 is 2.72 bits per heavy atom. The fourth-order valence-corrected chi connectivity index (χ4v) is 2.96. The highest BCUT2D eigenvalue weighted by Gasteiger charge is 2.42. The van der Waals surface area contributed by atoms with Crippen LogP contribution in [0.1, 0.15) is 42.6 Å². The molecule has 0 radical (unpaired) electrons. The van der Waals surface area contributed by atoms with E-state index < -0.39 is 22.8 Å². The summed E-state index contributed by atoms with van der Waals surface area (Å²) < 4.78 is 41.8. The number of hydrogen-bond donors (Lipinski definition) is 1. The molecule has 6 nitrogen and oxygen atoms in total. The van der Waals surface area contributed by atoms with Crippen LogP contribution in [0, 0.1) is 0 Å². The van der Waals surface area contributed by atoms with E-state index in [4.69, 9.17) is 11.6 Å². The summed E-state index contributed by atoms with van der Waals surface area (Å²) in [6, 6.07) is 0. The Morgan fingerprint density at radius 1 is 1.44 bits per heavy atom. The van der Waals surface area contributed by atoms with Gasteiger partial charge in [-0.25, -0.2) is 0 Å². The Balaban J connectivity index is 1.70. The van der Waals surface area contributed by atoms with E-state index in [9.17, 15) is 18.0 Å². The molecule has 1 saturated carbocycles. The van der Waals surface area contributed by atoms with Gasteiger partial charge >= 0.3 is 6.18 Å². The summed E-state index contributed by atoms with van der Waals surface area (Å²) in [5, 5.41) is 9.89. The average Bonchev–Trinajstić information content (AvgIpc) is 3.16. The van der Waals surface area contributed by atoms with Gasteiger partial charge in [0.05, 0.1) is 16.9 Å². The molecular weight excluding hydrogens is 359 g/mol. The van der Waals surface area contributed by atoms with Crippen LogP contribution < -0.4 is 5.32 Å². The zero-order valence-corrected chi connectivity index (χ0v) is 14.2. The summed E-state index contributed by atoms with van der Waals surface area (Å²) in [6.07, 6.45) is 0.284. The number of nitrogens with one attached hydrogen (secondary N) is 1. The van der Waals surface area contributed by atoms with Gasteiger partial charge < -0.3 is 5.32 Å². The van der Waals surface area contributed by atoms with Gasteiger partial charge in [0.1, 0.15) is 6.54 Å². The minimum absolute atomic E-state index is 0.0633. The van der Waals surface area contributed by atoms with Crippen LogP contribution in [-0.4, -0.2) is 25.5 Å². The monoisotopic (exact) mass is 375 g/mol. The Bertz CT molecular complexity index is 779. The fourth-order valence-electron chi connectivity index (χ4n) is 2.56. The minimum atomic E-state index is -4.64. The molecular formula is C15H17ClF3N5O. The van der Waals surface area contributed by atoms with Crippen LogP contribution in [0.3, 0.4) is 0 Å². The van der Waals surface area contributed by atoms with Crippen LogP contribution >= 0.6 is 11.6 Å². The number of aryl methyl sites for hydroxylation is 1. The molecule has 0 aromatic carbocycles. The number of amides is 1. The van der Waals surface area contributed by atoms with Crippen molar-refractivity contribution >= 4 is 17.5 Å². The molecule has 2 aromatic rings. The zero-order chi connectivity index (χ0) is 18.2. The molecule has 2 heterocycles. The highest BCUT2D eigenvalue weighted by atomic mass is 35.5. The second-order valence-corrected chi connectivity index (χ2v) is 6.34. The molecule has 1 N–H and O–H groups in total. The molecule has 1 aliphatic rings. The molecule has 2 aromatic heterocycles. The van der Waals surface area contributed by atoms with Gasteiger partial charge in [0.25, 0.3) is 0 Å². The summed E-state index contributed by atoms with van der Waals surface area (Å²) in [7, 11) is 0. The number of hydrogen-bond acceptors (Lipinski definition) is 3. The van der Waals surface area contributed by atoms with Crippen molar-refractivity contribution in [3.05, 3.63) is 34.4 Å². The molecule has 0 spiro atoms. The lowest BCUT2D eigenvalue weighted by molar-refractivity contribution is -0.141. The van der Waals surface area contributed by atoms with Crippen molar-refractivity contribution in [2.45, 2.75) is 51.5 Å². The van der Waals surface area contributed by atoms with Crippen molar-refractivity contribution in [2.75, 3.05) is 0 Å². The molecule has 0 bridgehead atoms. The largest absolute Gasteiger partial charge is 0.436 e. The molecule has 1 fully saturated rings. The standard InChI is InChI=1S/C15H17ClF3N5O/c1-2-23-7-9(6-21-23)5-20-11(25)8-24-13(10-3-4-10)12(16)14(22-24)15(17,18)19/h6-7,10H,2-5,8H2,1H3,(H,20,25). The van der Waals surface area contributed by atoms with E-state index in [-0.39, 0.29) is 19.0 Å². The molecule has 0 unspecified atom stereocenters. The molecule has 136 valence electrons. The molecule has 0 atom stereocenters. The molecule has 1 aliphatic carbocycles. The van der Waals surface area contributed by atoms with Gasteiger partial charge in [0.15, 0.2) is 5.69 Å². The van der Waals surface area contributed by atoms with Gasteiger partial charge in [-0.1, -0.05) is 11.6 Å². The van der Waals surface area contributed by atoms with Crippen molar-refractivity contribution < 1.29 is 18.0 Å². The van der Waals surface area contributed by atoms with E-state index in [0.717, 1.165) is 23.1 Å². The lowest BCUT2D eigenvalue weighted by atomic mass is 10.2. The van der Waals surface area contributed by atoms with E-state index in [1.54, 1.807) is 17.1 Å². The Morgan fingerprint density at radius 2 is 2.16 bits per heavy atom. The third kappa shape index (κ3) is 3.97. The number of carbonyl (C=O) groups excluding carboxylic acids is 1. The number of halogens is 4. The highest BCUT2D eigenvalue weighted by Crippen LogP contribution is 2.46. The van der Waals surface area contributed by atoms with E-state index >= 15 is 0 Å². The van der Waals surface area contributed by atoms with Gasteiger partial charge in [-0.05, 0) is 19.8 Å². The van der Waals surface area contributed by atoms with Crippen LogP contribution in [0.25, 0.3) is 0 Å². The number of carbonyl (C=O) groups is 1. The van der Waals surface area contributed by atoms with Gasteiger partial charge in [-0.2, -0.15) is 23.4 Å². The van der Waals surface area contributed by atoms with E-state index in [1.807, 2.05) is 6.92 Å². The van der Waals surface area contributed by atoms with Gasteiger partial charge in [-0.3, -0.25) is 14.2 Å². The van der Waals surface area contributed by atoms with Crippen molar-refractivity contribution in [3.63, 3.8) is 0 Å². The van der Waals surface area contributed by atoms with Gasteiger partial charge in [0.2, 0.25) is 5.91 Å². The molecule has 10 heteroatoms. The van der Waals surface area contributed by atoms with E-state index in [0.29, 0.717) is 12.2 Å². The topological polar surface area (TPSA) is 64.7 Å². The van der Waals surface area contributed by atoms with Gasteiger partial charge in [0, 0.05) is 30.8 Å². The number of aromatic nitrogens is 4. The maximum Gasteiger partial charge on any atom is 0.436 e. The third-order valence-electron chi connectivity index (χ3n) is 3.96. The first kappa shape index (κ1) is 17.8. The fraction of sp³-hybridized carbons (Fsp3) is 0.533. The average molecular weight is 376 g/mol. The Kier molecular flexibility index (Phi) is 4.77. The quantitative estimate of drug-likeness (QED) is 0.844. The normalized spacial score (nSPS) is 14.8. The van der Waals surface area contributed by atoms with Crippen LogP contribution in [-0.2, 0) is 30.6 Å². The van der Waals surface area contributed by atoms with Crippen molar-refractivity contribution in [2.24, 2.45) is 0 Å². The first-order valence-electron chi connectivity index (χ1n) is 7.91. The van der Waals surface area contributed by atoms with Crippen LogP contribution in [0.4, 0.5) is 13.2 Å². The molecule has 1 amide bonds. The van der Waals surface area contributed by atoms with E-state index in [1.165, 1.54) is 0 Å². The second kappa shape index (κ2) is 6.70. The molecule has 3 rings (SSSR count). The van der Waals surface area contributed by atoms with Gasteiger partial charge in [-0.15, -0.1) is 0 Å². The number of nitrogens with zero attached hydrogens (tertiary/aromatic N) is 4. The number of alkyl halides is 3. The molecule has 25 heavy (non-hydrogen) atoms. The second-order valence-electron chi connectivity index (χ2n) is 5.96. The lowest BCUT2D eigenvalue weighted by Gasteiger charge is -2.07. The SMILES string of the molecule is CCn1cc(CNC(=O)Cn2nc(C(F)(F)F)c(Cl)c2C2CC2)cn1. The Hall–Kier alpha value is -2.03. The summed E-state index contributed by atoms with van der Waals surface area (Å²) in [5.74, 6) is -0.495. The highest BCUT2D eigenvalue weighted by molar-refractivity contribution is 6.32. The summed E-state index contributed by atoms with van der Waals surface area (Å²) in [5.41, 5.74) is -0.0249. The zero-order valence-electron chi connectivity index (χ0n) is 13.5. The molecule has 0 saturated heterocycles. The van der Waals surface area contributed by atoms with Crippen LogP contribution in [0.2, 0.25) is 5.02 Å². The summed E-state index contributed by atoms with van der Waals surface area (Å²) in [6.45, 7) is 2.60. The first-order chi connectivity index (χ1) is 11.8. The van der Waals surface area contributed by atoms with E-state index in [2.05, 4.69) is 15.5 Å².